The third kappa shape index (κ3) is 1.60. The molecule has 1 unspecified atom stereocenters. The van der Waals surface area contributed by atoms with Crippen molar-refractivity contribution in [2.45, 2.75) is 6.04 Å². The largest absolute Gasteiger partial charge is 0.319 e. The van der Waals surface area contributed by atoms with E-state index in [1.54, 1.807) is 24.3 Å². The summed E-state index contributed by atoms with van der Waals surface area (Å²) >= 11 is 0. The van der Waals surface area contributed by atoms with Crippen molar-refractivity contribution in [2.24, 2.45) is 10.7 Å². The first-order valence-corrected chi connectivity index (χ1v) is 5.75. The second kappa shape index (κ2) is 4.03. The molecule has 82 valence electrons. The SMILES string of the molecule is C=CC(N)C1=Nc2ccccc2C1=S(=O)=O. The van der Waals surface area contributed by atoms with Crippen LogP contribution in [0, 0.1) is 0 Å². The van der Waals surface area contributed by atoms with Crippen LogP contribution in [-0.4, -0.2) is 25.0 Å². The van der Waals surface area contributed by atoms with Gasteiger partial charge in [-0.2, -0.15) is 8.42 Å². The van der Waals surface area contributed by atoms with Crippen LogP contribution in [0.15, 0.2) is 41.9 Å². The third-order valence-electron chi connectivity index (χ3n) is 2.36. The van der Waals surface area contributed by atoms with Crippen LogP contribution < -0.4 is 5.73 Å². The van der Waals surface area contributed by atoms with Crippen molar-refractivity contribution < 1.29 is 8.42 Å². The molecule has 1 aliphatic rings. The van der Waals surface area contributed by atoms with Gasteiger partial charge in [-0.3, -0.25) is 0 Å². The first kappa shape index (κ1) is 10.8. The highest BCUT2D eigenvalue weighted by Gasteiger charge is 2.26. The molecule has 0 saturated carbocycles. The van der Waals surface area contributed by atoms with Crippen molar-refractivity contribution in [3.63, 3.8) is 0 Å². The summed E-state index contributed by atoms with van der Waals surface area (Å²) in [5.74, 6) is 0. The first-order chi connectivity index (χ1) is 7.65. The molecule has 0 amide bonds. The average molecular weight is 234 g/mol. The number of nitrogens with zero attached hydrogens (tertiary/aromatic N) is 1. The molecular formula is C11H10N2O2S. The Balaban J connectivity index is 2.71. The molecule has 0 radical (unpaired) electrons. The Bertz CT molecular complexity index is 607. The Morgan fingerprint density at radius 2 is 2.06 bits per heavy atom. The van der Waals surface area contributed by atoms with E-state index >= 15 is 0 Å². The molecule has 4 nitrogen and oxygen atoms in total. The third-order valence-corrected chi connectivity index (χ3v) is 3.12. The van der Waals surface area contributed by atoms with Crippen LogP contribution in [-0.2, 0) is 10.3 Å². The fraction of sp³-hybridized carbons (Fsp3) is 0.0909. The van der Waals surface area contributed by atoms with E-state index in [0.717, 1.165) is 0 Å². The van der Waals surface area contributed by atoms with Crippen LogP contribution in [0.3, 0.4) is 0 Å². The van der Waals surface area contributed by atoms with E-state index in [1.807, 2.05) is 0 Å². The number of fused-ring (bicyclic) bond motifs is 1. The van der Waals surface area contributed by atoms with Gasteiger partial charge >= 0.3 is 0 Å². The van der Waals surface area contributed by atoms with Crippen molar-refractivity contribution in [3.05, 3.63) is 42.5 Å². The van der Waals surface area contributed by atoms with Gasteiger partial charge < -0.3 is 5.73 Å². The monoisotopic (exact) mass is 234 g/mol. The summed E-state index contributed by atoms with van der Waals surface area (Å²) in [7, 11) is -2.35. The van der Waals surface area contributed by atoms with Gasteiger partial charge in [-0.05, 0) is 6.07 Å². The lowest BCUT2D eigenvalue weighted by atomic mass is 10.1. The van der Waals surface area contributed by atoms with Crippen LogP contribution in [0.2, 0.25) is 0 Å². The number of rotatable bonds is 2. The smallest absolute Gasteiger partial charge is 0.224 e. The van der Waals surface area contributed by atoms with Crippen molar-refractivity contribution in [1.29, 1.82) is 0 Å². The van der Waals surface area contributed by atoms with Crippen LogP contribution in [0.25, 0.3) is 0 Å². The topological polar surface area (TPSA) is 72.5 Å². The molecule has 1 atom stereocenters. The van der Waals surface area contributed by atoms with Gasteiger partial charge in [0, 0.05) is 5.56 Å². The molecule has 0 spiro atoms. The average Bonchev–Trinajstić information content (AvgIpc) is 2.67. The Morgan fingerprint density at radius 3 is 2.69 bits per heavy atom. The van der Waals surface area contributed by atoms with E-state index < -0.39 is 16.3 Å². The highest BCUT2D eigenvalue weighted by Crippen LogP contribution is 2.26. The molecule has 1 aromatic rings. The minimum Gasteiger partial charge on any atom is -0.319 e. The normalized spacial score (nSPS) is 15.3. The molecular weight excluding hydrogens is 224 g/mol. The van der Waals surface area contributed by atoms with Crippen molar-refractivity contribution in [2.75, 3.05) is 0 Å². The second-order valence-corrected chi connectivity index (χ2v) is 4.22. The lowest BCUT2D eigenvalue weighted by molar-refractivity contribution is 0.627. The Hall–Kier alpha value is -1.72. The summed E-state index contributed by atoms with van der Waals surface area (Å²) in [6.45, 7) is 3.54. The van der Waals surface area contributed by atoms with Crippen LogP contribution in [0.1, 0.15) is 5.56 Å². The predicted molar refractivity (Wildman–Crippen MR) is 64.7 cm³/mol. The number of hydrogen-bond donors (Lipinski definition) is 1. The maximum Gasteiger partial charge on any atom is 0.224 e. The molecule has 0 aromatic heterocycles. The molecule has 2 rings (SSSR count). The maximum absolute atomic E-state index is 11.2. The lowest BCUT2D eigenvalue weighted by Gasteiger charge is -2.04. The van der Waals surface area contributed by atoms with Crippen LogP contribution >= 0.6 is 0 Å². The predicted octanol–water partition coefficient (Wildman–Crippen LogP) is 0.686. The Labute approximate surface area is 94.7 Å². The molecule has 1 heterocycles. The standard InChI is InChI=1S/C11H10N2O2S/c1-2-8(12)10-11(16(14)15)7-5-3-4-6-9(7)13-10/h2-6,8H,1,12H2. The number of para-hydroxylation sites is 1. The van der Waals surface area contributed by atoms with E-state index in [0.29, 0.717) is 17.0 Å². The Kier molecular flexibility index (Phi) is 2.72. The molecule has 1 aliphatic heterocycles. The summed E-state index contributed by atoms with van der Waals surface area (Å²) in [5.41, 5.74) is 7.33. The van der Waals surface area contributed by atoms with E-state index in [2.05, 4.69) is 11.6 Å². The van der Waals surface area contributed by atoms with Crippen molar-refractivity contribution >= 4 is 26.6 Å². The molecule has 2 N–H and O–H groups in total. The minimum absolute atomic E-state index is 0.169. The Morgan fingerprint density at radius 1 is 1.38 bits per heavy atom. The van der Waals surface area contributed by atoms with Gasteiger partial charge in [-0.15, -0.1) is 6.58 Å². The zero-order chi connectivity index (χ0) is 11.7. The van der Waals surface area contributed by atoms with Crippen molar-refractivity contribution in [3.8, 4) is 0 Å². The maximum atomic E-state index is 11.2. The van der Waals surface area contributed by atoms with E-state index in [4.69, 9.17) is 5.73 Å². The summed E-state index contributed by atoms with van der Waals surface area (Å²) < 4.78 is 22.4. The molecule has 16 heavy (non-hydrogen) atoms. The van der Waals surface area contributed by atoms with E-state index in [1.165, 1.54) is 6.08 Å². The van der Waals surface area contributed by atoms with Crippen LogP contribution in [0.4, 0.5) is 5.69 Å². The number of benzene rings is 1. The molecule has 1 aromatic carbocycles. The summed E-state index contributed by atoms with van der Waals surface area (Å²) in [6, 6.07) is 6.47. The molecule has 0 fully saturated rings. The zero-order valence-corrected chi connectivity index (χ0v) is 9.24. The fourth-order valence-electron chi connectivity index (χ4n) is 1.59. The summed E-state index contributed by atoms with van der Waals surface area (Å²) in [5, 5.41) is 0. The van der Waals surface area contributed by atoms with Gasteiger partial charge in [0.15, 0.2) is 0 Å². The first-order valence-electron chi connectivity index (χ1n) is 4.68. The van der Waals surface area contributed by atoms with Gasteiger partial charge in [0.05, 0.1) is 17.4 Å². The van der Waals surface area contributed by atoms with Gasteiger partial charge in [0.2, 0.25) is 10.3 Å². The zero-order valence-electron chi connectivity index (χ0n) is 8.42. The molecule has 0 bridgehead atoms. The van der Waals surface area contributed by atoms with Gasteiger partial charge in [0.25, 0.3) is 0 Å². The molecule has 5 heteroatoms. The fourth-order valence-corrected chi connectivity index (χ4v) is 2.30. The lowest BCUT2D eigenvalue weighted by Crippen LogP contribution is -2.33. The highest BCUT2D eigenvalue weighted by molar-refractivity contribution is 7.75. The number of aliphatic imine (C=N–C) groups is 1. The molecule has 0 saturated heterocycles. The van der Waals surface area contributed by atoms with Gasteiger partial charge in [-0.25, -0.2) is 4.99 Å². The van der Waals surface area contributed by atoms with Gasteiger partial charge in [-0.1, -0.05) is 24.3 Å². The van der Waals surface area contributed by atoms with Crippen molar-refractivity contribution in [1.82, 2.24) is 0 Å². The number of nitrogens with two attached hydrogens (primary N) is 1. The summed E-state index contributed by atoms with van der Waals surface area (Å²) in [4.78, 5) is 4.38. The molecule has 0 aliphatic carbocycles. The quantitative estimate of drug-likeness (QED) is 0.604. The van der Waals surface area contributed by atoms with E-state index in [9.17, 15) is 8.42 Å². The highest BCUT2D eigenvalue weighted by atomic mass is 32.2. The van der Waals surface area contributed by atoms with Gasteiger partial charge in [0.1, 0.15) is 4.86 Å². The van der Waals surface area contributed by atoms with Crippen LogP contribution in [0.5, 0.6) is 0 Å². The summed E-state index contributed by atoms with van der Waals surface area (Å²) in [6.07, 6.45) is 1.47. The second-order valence-electron chi connectivity index (χ2n) is 3.34. The number of hydrogen-bond acceptors (Lipinski definition) is 4. The minimum atomic E-state index is -2.35. The van der Waals surface area contributed by atoms with E-state index in [-0.39, 0.29) is 4.86 Å².